The number of rotatable bonds is 8. The largest absolute Gasteiger partial charge is 0.497 e. The Morgan fingerprint density at radius 1 is 0.970 bits per heavy atom. The van der Waals surface area contributed by atoms with E-state index in [2.05, 4.69) is 0 Å². The molecule has 1 aliphatic rings. The van der Waals surface area contributed by atoms with Crippen molar-refractivity contribution in [2.24, 2.45) is 0 Å². The molecular weight excluding hydrogens is 464 g/mol. The summed E-state index contributed by atoms with van der Waals surface area (Å²) in [4.78, 5) is 28.0. The van der Waals surface area contributed by atoms with Gasteiger partial charge in [-0.15, -0.1) is 11.3 Å². The molecule has 8 nitrogen and oxygen atoms in total. The molecule has 0 saturated carbocycles. The van der Waals surface area contributed by atoms with Crippen molar-refractivity contribution < 1.29 is 27.5 Å². The lowest BCUT2D eigenvalue weighted by atomic mass is 10.2. The van der Waals surface area contributed by atoms with Crippen molar-refractivity contribution >= 4 is 38.9 Å². The molecule has 0 radical (unpaired) electrons. The van der Waals surface area contributed by atoms with Crippen LogP contribution in [0.25, 0.3) is 0 Å². The van der Waals surface area contributed by atoms with Crippen LogP contribution in [0.3, 0.4) is 0 Å². The molecule has 172 valence electrons. The van der Waals surface area contributed by atoms with Crippen molar-refractivity contribution in [2.75, 3.05) is 19.1 Å². The van der Waals surface area contributed by atoms with E-state index in [9.17, 15) is 18.0 Å². The van der Waals surface area contributed by atoms with Gasteiger partial charge in [-0.25, -0.2) is 13.3 Å². The molecule has 1 atom stereocenters. The molecule has 0 spiro atoms. The molecule has 0 N–H and O–H groups in total. The molecule has 1 aliphatic heterocycles. The highest BCUT2D eigenvalue weighted by Gasteiger charge is 2.47. The molecule has 1 unspecified atom stereocenters. The lowest BCUT2D eigenvalue weighted by Crippen LogP contribution is -2.44. The Morgan fingerprint density at radius 3 is 2.12 bits per heavy atom. The van der Waals surface area contributed by atoms with Gasteiger partial charge >= 0.3 is 0 Å². The summed E-state index contributed by atoms with van der Waals surface area (Å²) < 4.78 is 38.6. The van der Waals surface area contributed by atoms with Gasteiger partial charge in [-0.05, 0) is 60.0 Å². The van der Waals surface area contributed by atoms with Gasteiger partial charge in [0.25, 0.3) is 5.91 Å². The first kappa shape index (κ1) is 23.0. The Balaban J connectivity index is 1.71. The zero-order valence-corrected chi connectivity index (χ0v) is 19.6. The number of nitrogens with zero attached hydrogens (tertiary/aromatic N) is 2. The van der Waals surface area contributed by atoms with E-state index >= 15 is 0 Å². The van der Waals surface area contributed by atoms with E-state index in [4.69, 9.17) is 9.47 Å². The van der Waals surface area contributed by atoms with E-state index in [0.717, 1.165) is 14.1 Å². The first-order valence-electron chi connectivity index (χ1n) is 10.0. The molecule has 0 bridgehead atoms. The number of amides is 2. The van der Waals surface area contributed by atoms with Gasteiger partial charge in [-0.3, -0.25) is 9.59 Å². The third-order valence-corrected chi connectivity index (χ3v) is 8.09. The summed E-state index contributed by atoms with van der Waals surface area (Å²) in [7, 11) is -1.09. The second-order valence-corrected chi connectivity index (χ2v) is 10.2. The molecule has 4 rings (SSSR count). The van der Waals surface area contributed by atoms with Crippen LogP contribution < -0.4 is 14.4 Å². The molecule has 3 aromatic rings. The van der Waals surface area contributed by atoms with Crippen molar-refractivity contribution in [3.05, 3.63) is 70.9 Å². The summed E-state index contributed by atoms with van der Waals surface area (Å²) >= 11 is 1.38. The Hall–Kier alpha value is -3.21. The fourth-order valence-corrected chi connectivity index (χ4v) is 5.99. The monoisotopic (exact) mass is 486 g/mol. The Bertz CT molecular complexity index is 1240. The molecule has 10 heteroatoms. The van der Waals surface area contributed by atoms with Crippen molar-refractivity contribution in [1.82, 2.24) is 4.31 Å². The summed E-state index contributed by atoms with van der Waals surface area (Å²) in [6, 6.07) is 14.9. The van der Waals surface area contributed by atoms with Crippen LogP contribution in [0.1, 0.15) is 11.3 Å². The van der Waals surface area contributed by atoms with Gasteiger partial charge in [-0.2, -0.15) is 4.31 Å². The SMILES string of the molecule is COc1ccc(N2C(=O)CC(N(Cc3cccs3)S(=O)(=O)c3ccc(OC)cc3)C2=O)cc1. The third kappa shape index (κ3) is 4.50. The van der Waals surface area contributed by atoms with E-state index < -0.39 is 27.9 Å². The van der Waals surface area contributed by atoms with E-state index in [0.29, 0.717) is 17.2 Å². The van der Waals surface area contributed by atoms with E-state index in [-0.39, 0.29) is 17.9 Å². The molecule has 2 aromatic carbocycles. The summed E-state index contributed by atoms with van der Waals surface area (Å²) in [5.74, 6) is 0.0439. The van der Waals surface area contributed by atoms with Gasteiger partial charge in [0.1, 0.15) is 17.5 Å². The molecule has 2 heterocycles. The van der Waals surface area contributed by atoms with Gasteiger partial charge in [0.2, 0.25) is 15.9 Å². The zero-order valence-electron chi connectivity index (χ0n) is 18.0. The molecule has 1 aromatic heterocycles. The van der Waals surface area contributed by atoms with Gasteiger partial charge < -0.3 is 9.47 Å². The van der Waals surface area contributed by atoms with Crippen LogP contribution in [0.4, 0.5) is 5.69 Å². The van der Waals surface area contributed by atoms with Crippen LogP contribution in [0.15, 0.2) is 70.9 Å². The van der Waals surface area contributed by atoms with Crippen molar-refractivity contribution in [1.29, 1.82) is 0 Å². The van der Waals surface area contributed by atoms with Crippen LogP contribution in [0, 0.1) is 0 Å². The highest BCUT2D eigenvalue weighted by atomic mass is 32.2. The van der Waals surface area contributed by atoms with Crippen molar-refractivity contribution in [2.45, 2.75) is 23.9 Å². The lowest BCUT2D eigenvalue weighted by molar-refractivity contribution is -0.122. The molecule has 0 aliphatic carbocycles. The number of hydrogen-bond acceptors (Lipinski definition) is 7. The van der Waals surface area contributed by atoms with Crippen LogP contribution in [-0.2, 0) is 26.2 Å². The number of imide groups is 1. The standard InChI is InChI=1S/C23H22N2O6S2/c1-30-17-7-5-16(6-8-17)25-22(26)14-21(23(25)27)24(15-19-4-3-13-32-19)33(28,29)20-11-9-18(31-2)10-12-20/h3-13,21H,14-15H2,1-2H3. The first-order chi connectivity index (χ1) is 15.8. The summed E-state index contributed by atoms with van der Waals surface area (Å²) in [6.45, 7) is -0.0217. The fourth-order valence-electron chi connectivity index (χ4n) is 3.65. The number of hydrogen-bond donors (Lipinski definition) is 0. The van der Waals surface area contributed by atoms with Crippen molar-refractivity contribution in [3.63, 3.8) is 0 Å². The van der Waals surface area contributed by atoms with E-state index in [1.165, 1.54) is 37.7 Å². The first-order valence-corrected chi connectivity index (χ1v) is 12.4. The zero-order chi connectivity index (χ0) is 23.6. The number of ether oxygens (including phenoxy) is 2. The number of carbonyl (C=O) groups is 2. The van der Waals surface area contributed by atoms with Crippen LogP contribution in [-0.4, -0.2) is 44.8 Å². The number of sulfonamides is 1. The highest BCUT2D eigenvalue weighted by Crippen LogP contribution is 2.32. The second kappa shape index (κ2) is 9.34. The van der Waals surface area contributed by atoms with Gasteiger partial charge in [-0.1, -0.05) is 6.07 Å². The number of carbonyl (C=O) groups excluding carboxylic acids is 2. The number of benzene rings is 2. The molecule has 1 fully saturated rings. The van der Waals surface area contributed by atoms with Crippen LogP contribution in [0.2, 0.25) is 0 Å². The maximum Gasteiger partial charge on any atom is 0.252 e. The predicted molar refractivity (Wildman–Crippen MR) is 124 cm³/mol. The normalized spacial score (nSPS) is 16.5. The maximum absolute atomic E-state index is 13.6. The minimum atomic E-state index is -4.09. The van der Waals surface area contributed by atoms with Gasteiger partial charge in [0, 0.05) is 11.4 Å². The smallest absolute Gasteiger partial charge is 0.252 e. The van der Waals surface area contributed by atoms with Crippen LogP contribution >= 0.6 is 11.3 Å². The molecular formula is C23H22N2O6S2. The van der Waals surface area contributed by atoms with Gasteiger partial charge in [0.05, 0.1) is 31.2 Å². The average molecular weight is 487 g/mol. The summed E-state index contributed by atoms with van der Waals surface area (Å²) in [5, 5.41) is 1.83. The van der Waals surface area contributed by atoms with E-state index in [1.54, 1.807) is 42.5 Å². The molecule has 33 heavy (non-hydrogen) atoms. The number of anilines is 1. The van der Waals surface area contributed by atoms with E-state index in [1.807, 2.05) is 11.4 Å². The number of methoxy groups -OCH3 is 2. The van der Waals surface area contributed by atoms with Crippen LogP contribution in [0.5, 0.6) is 11.5 Å². The predicted octanol–water partition coefficient (Wildman–Crippen LogP) is 3.29. The Morgan fingerprint density at radius 2 is 1.58 bits per heavy atom. The van der Waals surface area contributed by atoms with Crippen molar-refractivity contribution in [3.8, 4) is 11.5 Å². The highest BCUT2D eigenvalue weighted by molar-refractivity contribution is 7.89. The Kier molecular flexibility index (Phi) is 6.50. The minimum Gasteiger partial charge on any atom is -0.497 e. The second-order valence-electron chi connectivity index (χ2n) is 7.29. The quantitative estimate of drug-likeness (QED) is 0.454. The topological polar surface area (TPSA) is 93.2 Å². The summed E-state index contributed by atoms with van der Waals surface area (Å²) in [6.07, 6.45) is -0.244. The lowest BCUT2D eigenvalue weighted by Gasteiger charge is -2.26. The summed E-state index contributed by atoms with van der Waals surface area (Å²) in [5.41, 5.74) is 0.367. The third-order valence-electron chi connectivity index (χ3n) is 5.36. The Labute approximate surface area is 196 Å². The fraction of sp³-hybridized carbons (Fsp3) is 0.217. The maximum atomic E-state index is 13.6. The van der Waals surface area contributed by atoms with Gasteiger partial charge in [0.15, 0.2) is 0 Å². The molecule has 1 saturated heterocycles. The molecule has 2 amide bonds. The minimum absolute atomic E-state index is 0.0167. The average Bonchev–Trinajstić information content (AvgIpc) is 3.45. The number of thiophene rings is 1.